The molecule has 1 fully saturated rings. The van der Waals surface area contributed by atoms with Gasteiger partial charge in [0.2, 0.25) is 0 Å². The van der Waals surface area contributed by atoms with Crippen molar-refractivity contribution in [2.75, 3.05) is 25.1 Å². The molecule has 0 radical (unpaired) electrons. The fraction of sp³-hybridized carbons (Fsp3) is 0.733. The predicted molar refractivity (Wildman–Crippen MR) is 87.7 cm³/mol. The van der Waals surface area contributed by atoms with Crippen LogP contribution in [0, 0.1) is 11.8 Å². The molecule has 0 saturated heterocycles. The first-order valence-corrected chi connectivity index (χ1v) is 8.44. The predicted octanol–water partition coefficient (Wildman–Crippen LogP) is 2.89. The third kappa shape index (κ3) is 5.43. The molecule has 0 spiro atoms. The Hall–Kier alpha value is -0.880. The van der Waals surface area contributed by atoms with Gasteiger partial charge in [-0.05, 0) is 47.0 Å². The summed E-state index contributed by atoms with van der Waals surface area (Å²) in [5.41, 5.74) is 0.673. The normalized spacial score (nSPS) is 14.7. The highest BCUT2D eigenvalue weighted by molar-refractivity contribution is 9.10. The van der Waals surface area contributed by atoms with Crippen LogP contribution >= 0.6 is 15.9 Å². The molecule has 0 aromatic carbocycles. The molecule has 21 heavy (non-hydrogen) atoms. The zero-order valence-corrected chi connectivity index (χ0v) is 14.4. The first kappa shape index (κ1) is 16.5. The van der Waals surface area contributed by atoms with Gasteiger partial charge in [-0.25, -0.2) is 4.68 Å². The topological polar surface area (TPSA) is 56.1 Å². The van der Waals surface area contributed by atoms with Crippen LogP contribution in [-0.4, -0.2) is 29.5 Å². The summed E-state index contributed by atoms with van der Waals surface area (Å²) >= 11 is 3.37. The Balaban J connectivity index is 1.78. The van der Waals surface area contributed by atoms with E-state index in [9.17, 15) is 4.79 Å². The Bertz CT molecular complexity index is 512. The van der Waals surface area contributed by atoms with Crippen molar-refractivity contribution in [3.8, 4) is 0 Å². The first-order chi connectivity index (χ1) is 10.1. The molecule has 1 aromatic heterocycles. The Morgan fingerprint density at radius 1 is 1.48 bits per heavy atom. The molecular formula is C15H24BrN3O2. The molecule has 0 bridgehead atoms. The molecule has 5 nitrogen and oxygen atoms in total. The highest BCUT2D eigenvalue weighted by Crippen LogP contribution is 2.30. The van der Waals surface area contributed by atoms with Crippen LogP contribution in [0.4, 0.5) is 5.69 Å². The van der Waals surface area contributed by atoms with Gasteiger partial charge in [0.15, 0.2) is 0 Å². The van der Waals surface area contributed by atoms with Crippen molar-refractivity contribution in [3.63, 3.8) is 0 Å². The van der Waals surface area contributed by atoms with E-state index >= 15 is 0 Å². The summed E-state index contributed by atoms with van der Waals surface area (Å²) in [7, 11) is 0. The van der Waals surface area contributed by atoms with Crippen LogP contribution in [0.5, 0.6) is 0 Å². The zero-order chi connectivity index (χ0) is 15.2. The standard InChI is InChI=1S/C15H24BrN3O2/c1-11(2)5-7-21-8-6-17-13-9-18-19(10-12-3-4-12)15(20)14(13)16/h9,11-12,17H,3-8,10H2,1-2H3. The molecule has 0 atom stereocenters. The molecule has 6 heteroatoms. The average molecular weight is 358 g/mol. The van der Waals surface area contributed by atoms with Gasteiger partial charge in [-0.3, -0.25) is 4.79 Å². The SMILES string of the molecule is CC(C)CCOCCNc1cnn(CC2CC2)c(=O)c1Br. The Kier molecular flexibility index (Phi) is 6.23. The van der Waals surface area contributed by atoms with Crippen LogP contribution in [0.1, 0.15) is 33.1 Å². The van der Waals surface area contributed by atoms with Crippen molar-refractivity contribution in [3.05, 3.63) is 21.0 Å². The zero-order valence-electron chi connectivity index (χ0n) is 12.8. The van der Waals surface area contributed by atoms with Crippen LogP contribution < -0.4 is 10.9 Å². The van der Waals surface area contributed by atoms with E-state index in [1.807, 2.05) is 0 Å². The van der Waals surface area contributed by atoms with E-state index in [0.29, 0.717) is 29.5 Å². The number of aromatic nitrogens is 2. The highest BCUT2D eigenvalue weighted by Gasteiger charge is 2.23. The second-order valence-corrected chi connectivity index (χ2v) is 6.82. The molecule has 1 aliphatic carbocycles. The summed E-state index contributed by atoms with van der Waals surface area (Å²) in [5.74, 6) is 1.30. The molecular weight excluding hydrogens is 334 g/mol. The van der Waals surface area contributed by atoms with Crippen molar-refractivity contribution in [1.82, 2.24) is 9.78 Å². The first-order valence-electron chi connectivity index (χ1n) is 7.65. The van der Waals surface area contributed by atoms with Gasteiger partial charge < -0.3 is 10.1 Å². The second-order valence-electron chi connectivity index (χ2n) is 6.02. The smallest absolute Gasteiger partial charge is 0.283 e. The molecule has 0 aliphatic heterocycles. The van der Waals surface area contributed by atoms with Gasteiger partial charge in [-0.1, -0.05) is 13.8 Å². The lowest BCUT2D eigenvalue weighted by atomic mass is 10.1. The van der Waals surface area contributed by atoms with Crippen LogP contribution in [-0.2, 0) is 11.3 Å². The number of anilines is 1. The van der Waals surface area contributed by atoms with E-state index in [-0.39, 0.29) is 5.56 Å². The third-order valence-corrected chi connectivity index (χ3v) is 4.28. The van der Waals surface area contributed by atoms with E-state index in [2.05, 4.69) is 40.2 Å². The molecule has 1 heterocycles. The summed E-state index contributed by atoms with van der Waals surface area (Å²) in [6.07, 6.45) is 5.20. The maximum atomic E-state index is 12.1. The minimum absolute atomic E-state index is 0.0624. The van der Waals surface area contributed by atoms with E-state index in [4.69, 9.17) is 4.74 Å². The van der Waals surface area contributed by atoms with E-state index in [1.54, 1.807) is 10.9 Å². The number of hydrogen-bond donors (Lipinski definition) is 1. The summed E-state index contributed by atoms with van der Waals surface area (Å²) in [6, 6.07) is 0. The second kappa shape index (κ2) is 7.94. The maximum absolute atomic E-state index is 12.1. The van der Waals surface area contributed by atoms with Gasteiger partial charge in [0, 0.05) is 19.7 Å². The Morgan fingerprint density at radius 3 is 2.90 bits per heavy atom. The molecule has 0 unspecified atom stereocenters. The highest BCUT2D eigenvalue weighted by atomic mass is 79.9. The number of hydrogen-bond acceptors (Lipinski definition) is 4. The lowest BCUT2D eigenvalue weighted by Crippen LogP contribution is -2.25. The lowest BCUT2D eigenvalue weighted by molar-refractivity contribution is 0.132. The van der Waals surface area contributed by atoms with Gasteiger partial charge in [0.05, 0.1) is 18.5 Å². The molecule has 1 saturated carbocycles. The van der Waals surface area contributed by atoms with Gasteiger partial charge in [-0.15, -0.1) is 0 Å². The molecule has 118 valence electrons. The Morgan fingerprint density at radius 2 is 2.24 bits per heavy atom. The Labute approximate surface area is 134 Å². The van der Waals surface area contributed by atoms with Crippen molar-refractivity contribution in [1.29, 1.82) is 0 Å². The lowest BCUT2D eigenvalue weighted by Gasteiger charge is -2.11. The van der Waals surface area contributed by atoms with Crippen molar-refractivity contribution in [2.24, 2.45) is 11.8 Å². The monoisotopic (exact) mass is 357 g/mol. The molecule has 1 aliphatic rings. The van der Waals surface area contributed by atoms with Gasteiger partial charge in [0.25, 0.3) is 5.56 Å². The van der Waals surface area contributed by atoms with Crippen LogP contribution in [0.2, 0.25) is 0 Å². The van der Waals surface area contributed by atoms with Crippen molar-refractivity contribution >= 4 is 21.6 Å². The number of rotatable bonds is 9. The average Bonchev–Trinajstić information content (AvgIpc) is 3.25. The molecule has 2 rings (SSSR count). The number of nitrogens with one attached hydrogen (secondary N) is 1. The van der Waals surface area contributed by atoms with Crippen LogP contribution in [0.3, 0.4) is 0 Å². The van der Waals surface area contributed by atoms with E-state index in [1.165, 1.54) is 12.8 Å². The number of halogens is 1. The summed E-state index contributed by atoms with van der Waals surface area (Å²) < 4.78 is 7.64. The van der Waals surface area contributed by atoms with Crippen molar-refractivity contribution < 1.29 is 4.74 Å². The van der Waals surface area contributed by atoms with E-state index < -0.39 is 0 Å². The van der Waals surface area contributed by atoms with Gasteiger partial charge in [0.1, 0.15) is 4.47 Å². The van der Waals surface area contributed by atoms with Crippen molar-refractivity contribution in [2.45, 2.75) is 39.7 Å². The largest absolute Gasteiger partial charge is 0.380 e. The van der Waals surface area contributed by atoms with E-state index in [0.717, 1.165) is 25.3 Å². The summed E-state index contributed by atoms with van der Waals surface area (Å²) in [4.78, 5) is 12.1. The maximum Gasteiger partial charge on any atom is 0.283 e. The van der Waals surface area contributed by atoms with Crippen LogP contribution in [0.25, 0.3) is 0 Å². The fourth-order valence-corrected chi connectivity index (χ4v) is 2.39. The molecule has 0 amide bonds. The number of nitrogens with zero attached hydrogens (tertiary/aromatic N) is 2. The van der Waals surface area contributed by atoms with Gasteiger partial charge >= 0.3 is 0 Å². The number of ether oxygens (including phenoxy) is 1. The third-order valence-electron chi connectivity index (χ3n) is 3.51. The summed E-state index contributed by atoms with van der Waals surface area (Å²) in [6.45, 7) is 7.18. The fourth-order valence-electron chi connectivity index (χ4n) is 1.94. The summed E-state index contributed by atoms with van der Waals surface area (Å²) in [5, 5.41) is 7.42. The van der Waals surface area contributed by atoms with Crippen LogP contribution in [0.15, 0.2) is 15.5 Å². The van der Waals surface area contributed by atoms with Gasteiger partial charge in [-0.2, -0.15) is 5.10 Å². The minimum atomic E-state index is -0.0624. The minimum Gasteiger partial charge on any atom is -0.380 e. The molecule has 1 aromatic rings. The molecule has 1 N–H and O–H groups in total. The quantitative estimate of drug-likeness (QED) is 0.690.